The number of hydrogen-bond acceptors (Lipinski definition) is 2. The quantitative estimate of drug-likeness (QED) is 0.895. The minimum Gasteiger partial charge on any atom is -0.349 e. The largest absolute Gasteiger partial charge is 0.349 e. The topological polar surface area (TPSA) is 55.1 Å². The van der Waals surface area contributed by atoms with Gasteiger partial charge in [-0.15, -0.1) is 0 Å². The van der Waals surface area contributed by atoms with E-state index in [1.165, 1.54) is 18.2 Å². The van der Waals surface area contributed by atoms with Gasteiger partial charge in [-0.05, 0) is 44.7 Å². The van der Waals surface area contributed by atoms with Crippen LogP contribution in [0.25, 0.3) is 0 Å². The average Bonchev–Trinajstić information content (AvgIpc) is 2.39. The van der Waals surface area contributed by atoms with Crippen LogP contribution in [0.2, 0.25) is 0 Å². The zero-order valence-electron chi connectivity index (χ0n) is 11.5. The van der Waals surface area contributed by atoms with Crippen LogP contribution in [0.5, 0.6) is 0 Å². The van der Waals surface area contributed by atoms with Crippen LogP contribution in [-0.4, -0.2) is 11.9 Å². The number of benzene rings is 1. The highest BCUT2D eigenvalue weighted by Gasteiger charge is 2.26. The van der Waals surface area contributed by atoms with Crippen LogP contribution in [0.1, 0.15) is 44.2 Å². The summed E-state index contributed by atoms with van der Waals surface area (Å²) < 4.78 is 27.3. The molecule has 0 bridgehead atoms. The normalized spacial score (nSPS) is 24.2. The van der Waals surface area contributed by atoms with Gasteiger partial charge < -0.3 is 11.1 Å². The number of rotatable bonds is 3. The SMILES string of the molecule is CC(NC(=O)C1CCC(N)CC1)c1c(F)cccc1F. The van der Waals surface area contributed by atoms with Crippen LogP contribution in [-0.2, 0) is 4.79 Å². The molecular weight excluding hydrogens is 262 g/mol. The van der Waals surface area contributed by atoms with Gasteiger partial charge in [-0.2, -0.15) is 0 Å². The molecule has 1 aromatic carbocycles. The molecule has 3 N–H and O–H groups in total. The molecule has 5 heteroatoms. The zero-order chi connectivity index (χ0) is 14.7. The molecule has 1 aliphatic carbocycles. The van der Waals surface area contributed by atoms with Crippen molar-refractivity contribution in [2.45, 2.75) is 44.7 Å². The fraction of sp³-hybridized carbons (Fsp3) is 0.533. The van der Waals surface area contributed by atoms with Crippen LogP contribution in [0, 0.1) is 17.6 Å². The molecule has 110 valence electrons. The van der Waals surface area contributed by atoms with E-state index >= 15 is 0 Å². The minimum atomic E-state index is -0.681. The van der Waals surface area contributed by atoms with Gasteiger partial charge in [0, 0.05) is 17.5 Å². The predicted molar refractivity (Wildman–Crippen MR) is 72.8 cm³/mol. The van der Waals surface area contributed by atoms with E-state index in [2.05, 4.69) is 5.32 Å². The number of nitrogens with one attached hydrogen (secondary N) is 1. The summed E-state index contributed by atoms with van der Waals surface area (Å²) >= 11 is 0. The van der Waals surface area contributed by atoms with Crippen molar-refractivity contribution in [1.82, 2.24) is 5.32 Å². The van der Waals surface area contributed by atoms with Gasteiger partial charge in [0.05, 0.1) is 6.04 Å². The molecule has 1 fully saturated rings. The predicted octanol–water partition coefficient (Wildman–Crippen LogP) is 2.66. The first kappa shape index (κ1) is 14.9. The van der Waals surface area contributed by atoms with Gasteiger partial charge in [0.25, 0.3) is 0 Å². The molecule has 20 heavy (non-hydrogen) atoms. The highest BCUT2D eigenvalue weighted by Crippen LogP contribution is 2.25. The Morgan fingerprint density at radius 2 is 1.80 bits per heavy atom. The number of hydrogen-bond donors (Lipinski definition) is 2. The number of halogens is 2. The third-order valence-electron chi connectivity index (χ3n) is 3.93. The second-order valence-corrected chi connectivity index (χ2v) is 5.48. The van der Waals surface area contributed by atoms with E-state index in [1.54, 1.807) is 6.92 Å². The molecule has 1 saturated carbocycles. The van der Waals surface area contributed by atoms with Crippen molar-refractivity contribution in [3.63, 3.8) is 0 Å². The number of carbonyl (C=O) groups excluding carboxylic acids is 1. The average molecular weight is 282 g/mol. The zero-order valence-corrected chi connectivity index (χ0v) is 11.5. The van der Waals surface area contributed by atoms with Crippen molar-refractivity contribution >= 4 is 5.91 Å². The molecule has 0 saturated heterocycles. The smallest absolute Gasteiger partial charge is 0.223 e. The van der Waals surface area contributed by atoms with Crippen molar-refractivity contribution in [2.24, 2.45) is 11.7 Å². The van der Waals surface area contributed by atoms with Gasteiger partial charge in [0.2, 0.25) is 5.91 Å². The minimum absolute atomic E-state index is 0.0895. The van der Waals surface area contributed by atoms with Crippen LogP contribution in [0.3, 0.4) is 0 Å². The summed E-state index contributed by atoms with van der Waals surface area (Å²) in [5.74, 6) is -1.52. The highest BCUT2D eigenvalue weighted by atomic mass is 19.1. The fourth-order valence-electron chi connectivity index (χ4n) is 2.71. The van der Waals surface area contributed by atoms with Gasteiger partial charge >= 0.3 is 0 Å². The van der Waals surface area contributed by atoms with E-state index in [0.717, 1.165) is 25.7 Å². The van der Waals surface area contributed by atoms with Crippen LogP contribution in [0.4, 0.5) is 8.78 Å². The molecule has 2 rings (SSSR count). The number of nitrogens with two attached hydrogens (primary N) is 1. The second kappa shape index (κ2) is 6.31. The third kappa shape index (κ3) is 3.33. The van der Waals surface area contributed by atoms with Gasteiger partial charge in [0.1, 0.15) is 11.6 Å². The lowest BCUT2D eigenvalue weighted by atomic mass is 9.85. The summed E-state index contributed by atoms with van der Waals surface area (Å²) in [6.07, 6.45) is 3.11. The van der Waals surface area contributed by atoms with Crippen molar-refractivity contribution < 1.29 is 13.6 Å². The van der Waals surface area contributed by atoms with Crippen LogP contribution in [0.15, 0.2) is 18.2 Å². The first-order chi connectivity index (χ1) is 9.49. The Kier molecular flexibility index (Phi) is 4.70. The van der Waals surface area contributed by atoms with E-state index < -0.39 is 17.7 Å². The Morgan fingerprint density at radius 3 is 2.35 bits per heavy atom. The molecule has 1 aromatic rings. The molecule has 1 aliphatic rings. The monoisotopic (exact) mass is 282 g/mol. The lowest BCUT2D eigenvalue weighted by Gasteiger charge is -2.26. The Balaban J connectivity index is 2.00. The van der Waals surface area contributed by atoms with Gasteiger partial charge in [-0.1, -0.05) is 6.07 Å². The lowest BCUT2D eigenvalue weighted by Crippen LogP contribution is -2.37. The molecule has 0 spiro atoms. The molecule has 1 atom stereocenters. The molecule has 3 nitrogen and oxygen atoms in total. The van der Waals surface area contributed by atoms with E-state index in [-0.39, 0.29) is 23.4 Å². The first-order valence-electron chi connectivity index (χ1n) is 6.99. The van der Waals surface area contributed by atoms with Crippen LogP contribution >= 0.6 is 0 Å². The summed E-state index contributed by atoms with van der Waals surface area (Å²) in [4.78, 5) is 12.1. The summed E-state index contributed by atoms with van der Waals surface area (Å²) in [5.41, 5.74) is 5.71. The van der Waals surface area contributed by atoms with Gasteiger partial charge in [0.15, 0.2) is 0 Å². The third-order valence-corrected chi connectivity index (χ3v) is 3.93. The molecule has 1 unspecified atom stereocenters. The molecule has 0 aliphatic heterocycles. The summed E-state index contributed by atoms with van der Waals surface area (Å²) in [6, 6.07) is 3.19. The van der Waals surface area contributed by atoms with Gasteiger partial charge in [-0.25, -0.2) is 8.78 Å². The van der Waals surface area contributed by atoms with E-state index in [1.807, 2.05) is 0 Å². The second-order valence-electron chi connectivity index (χ2n) is 5.48. The summed E-state index contributed by atoms with van der Waals surface area (Å²) in [5, 5.41) is 2.70. The summed E-state index contributed by atoms with van der Waals surface area (Å²) in [7, 11) is 0. The van der Waals surface area contributed by atoms with E-state index in [4.69, 9.17) is 5.73 Å². The van der Waals surface area contributed by atoms with Crippen molar-refractivity contribution in [3.8, 4) is 0 Å². The fourth-order valence-corrected chi connectivity index (χ4v) is 2.71. The lowest BCUT2D eigenvalue weighted by molar-refractivity contribution is -0.126. The Morgan fingerprint density at radius 1 is 1.25 bits per heavy atom. The summed E-state index contributed by atoms with van der Waals surface area (Å²) in [6.45, 7) is 1.59. The maximum absolute atomic E-state index is 13.6. The Labute approximate surface area is 117 Å². The van der Waals surface area contributed by atoms with Crippen molar-refractivity contribution in [1.29, 1.82) is 0 Å². The standard InChI is InChI=1S/C15H20F2N2O/c1-9(14-12(16)3-2-4-13(14)17)19-15(20)10-5-7-11(18)8-6-10/h2-4,9-11H,5-8,18H2,1H3,(H,19,20). The number of amides is 1. The maximum atomic E-state index is 13.6. The molecule has 0 heterocycles. The van der Waals surface area contributed by atoms with Crippen molar-refractivity contribution in [2.75, 3.05) is 0 Å². The molecule has 0 radical (unpaired) electrons. The Bertz CT molecular complexity index is 465. The van der Waals surface area contributed by atoms with Crippen molar-refractivity contribution in [3.05, 3.63) is 35.4 Å². The van der Waals surface area contributed by atoms with E-state index in [9.17, 15) is 13.6 Å². The first-order valence-corrected chi connectivity index (χ1v) is 6.99. The molecule has 1 amide bonds. The highest BCUT2D eigenvalue weighted by molar-refractivity contribution is 5.79. The van der Waals surface area contributed by atoms with Gasteiger partial charge in [-0.3, -0.25) is 4.79 Å². The molecular formula is C15H20F2N2O. The Hall–Kier alpha value is -1.49. The molecule has 0 aromatic heterocycles. The van der Waals surface area contributed by atoms with E-state index in [0.29, 0.717) is 0 Å². The van der Waals surface area contributed by atoms with Crippen LogP contribution < -0.4 is 11.1 Å². The number of carbonyl (C=O) groups is 1. The maximum Gasteiger partial charge on any atom is 0.223 e.